The van der Waals surface area contributed by atoms with E-state index in [2.05, 4.69) is 0 Å². The van der Waals surface area contributed by atoms with Crippen LogP contribution in [0.4, 0.5) is 0 Å². The molecule has 0 aliphatic carbocycles. The first kappa shape index (κ1) is 26.9. The molecule has 1 aromatic heterocycles. The number of hydrogen-bond acceptors (Lipinski definition) is 6. The summed E-state index contributed by atoms with van der Waals surface area (Å²) in [6.07, 6.45) is 0.0730. The number of carbonyl (C=O) groups is 3. The Bertz CT molecular complexity index is 1400. The second kappa shape index (κ2) is 10.3. The van der Waals surface area contributed by atoms with Gasteiger partial charge in [-0.2, -0.15) is 0 Å². The van der Waals surface area contributed by atoms with Gasteiger partial charge < -0.3 is 24.7 Å². The summed E-state index contributed by atoms with van der Waals surface area (Å²) in [5.74, 6) is 0.199. The summed E-state index contributed by atoms with van der Waals surface area (Å²) < 4.78 is 12.8. The highest BCUT2D eigenvalue weighted by Gasteiger charge is 2.36. The van der Waals surface area contributed by atoms with E-state index in [1.165, 1.54) is 4.90 Å². The summed E-state index contributed by atoms with van der Waals surface area (Å²) >= 11 is 0. The maximum atomic E-state index is 13.2. The first-order valence-corrected chi connectivity index (χ1v) is 12.5. The lowest BCUT2D eigenvalue weighted by Crippen LogP contribution is -2.45. The van der Waals surface area contributed by atoms with Gasteiger partial charge in [0.05, 0.1) is 18.5 Å². The van der Waals surface area contributed by atoms with E-state index in [0.717, 1.165) is 39.7 Å². The number of carbonyl (C=O) groups excluding carboxylic acids is 3. The molecule has 1 atom stereocenters. The average Bonchev–Trinajstić information content (AvgIpc) is 3.33. The molecule has 0 radical (unpaired) electrons. The summed E-state index contributed by atoms with van der Waals surface area (Å²) in [7, 11) is 3.59. The molecule has 9 nitrogen and oxygen atoms in total. The zero-order valence-corrected chi connectivity index (χ0v) is 22.7. The van der Waals surface area contributed by atoms with Crippen LogP contribution in [0.25, 0.3) is 22.5 Å². The SMILES string of the molecule is COc1cccc(-c2c(-c3ccc4c(c3)CN(C(CCC(=O)OC(C)(C)C)C(N)=O)C4=O)nc(C)n2C)c1. The number of nitrogens with two attached hydrogens (primary N) is 1. The van der Waals surface area contributed by atoms with Gasteiger partial charge in [0, 0.05) is 36.7 Å². The molecule has 38 heavy (non-hydrogen) atoms. The topological polar surface area (TPSA) is 117 Å². The van der Waals surface area contributed by atoms with Crippen molar-refractivity contribution >= 4 is 17.8 Å². The van der Waals surface area contributed by atoms with Gasteiger partial charge in [-0.15, -0.1) is 0 Å². The molecule has 9 heteroatoms. The fourth-order valence-electron chi connectivity index (χ4n) is 4.75. The Kier molecular flexibility index (Phi) is 7.31. The maximum absolute atomic E-state index is 13.2. The van der Waals surface area contributed by atoms with E-state index in [-0.39, 0.29) is 25.3 Å². The molecule has 1 aliphatic rings. The minimum absolute atomic E-state index is 0.0205. The van der Waals surface area contributed by atoms with Crippen molar-refractivity contribution in [3.05, 3.63) is 59.4 Å². The van der Waals surface area contributed by atoms with Crippen LogP contribution in [0, 0.1) is 6.92 Å². The molecule has 0 bridgehead atoms. The number of rotatable bonds is 8. The molecule has 2 heterocycles. The summed E-state index contributed by atoms with van der Waals surface area (Å²) in [6, 6.07) is 12.4. The summed E-state index contributed by atoms with van der Waals surface area (Å²) in [4.78, 5) is 44.0. The Morgan fingerprint density at radius 2 is 1.87 bits per heavy atom. The van der Waals surface area contributed by atoms with Gasteiger partial charge in [0.1, 0.15) is 23.2 Å². The Morgan fingerprint density at radius 1 is 1.13 bits per heavy atom. The molecule has 2 amide bonds. The zero-order chi connectivity index (χ0) is 27.8. The lowest BCUT2D eigenvalue weighted by atomic mass is 10.0. The van der Waals surface area contributed by atoms with Crippen molar-refractivity contribution in [1.82, 2.24) is 14.5 Å². The summed E-state index contributed by atoms with van der Waals surface area (Å²) in [6.45, 7) is 7.48. The Morgan fingerprint density at radius 3 is 2.53 bits per heavy atom. The van der Waals surface area contributed by atoms with Crippen LogP contribution in [0.5, 0.6) is 5.75 Å². The number of benzene rings is 2. The van der Waals surface area contributed by atoms with Crippen molar-refractivity contribution in [3.8, 4) is 28.3 Å². The zero-order valence-electron chi connectivity index (χ0n) is 22.7. The predicted molar refractivity (Wildman–Crippen MR) is 143 cm³/mol. The van der Waals surface area contributed by atoms with E-state index in [0.29, 0.717) is 5.56 Å². The van der Waals surface area contributed by atoms with Crippen LogP contribution in [0.15, 0.2) is 42.5 Å². The Hall–Kier alpha value is -4.14. The number of primary amides is 1. The van der Waals surface area contributed by atoms with E-state index >= 15 is 0 Å². The molecule has 1 aliphatic heterocycles. The molecule has 0 spiro atoms. The van der Waals surface area contributed by atoms with Gasteiger partial charge in [0.15, 0.2) is 0 Å². The molecule has 2 aromatic carbocycles. The van der Waals surface area contributed by atoms with Gasteiger partial charge in [0.25, 0.3) is 5.91 Å². The number of methoxy groups -OCH3 is 1. The largest absolute Gasteiger partial charge is 0.497 e. The molecular weight excluding hydrogens is 484 g/mol. The molecule has 0 fully saturated rings. The molecule has 4 rings (SSSR count). The van der Waals surface area contributed by atoms with Gasteiger partial charge in [-0.05, 0) is 63.9 Å². The molecule has 0 saturated heterocycles. The van der Waals surface area contributed by atoms with Crippen molar-refractivity contribution in [2.45, 2.75) is 58.7 Å². The Labute approximate surface area is 222 Å². The maximum Gasteiger partial charge on any atom is 0.306 e. The smallest absolute Gasteiger partial charge is 0.306 e. The minimum Gasteiger partial charge on any atom is -0.497 e. The quantitative estimate of drug-likeness (QED) is 0.451. The third kappa shape index (κ3) is 5.41. The number of ether oxygens (including phenoxy) is 2. The highest BCUT2D eigenvalue weighted by molar-refractivity contribution is 6.01. The van der Waals surface area contributed by atoms with Crippen molar-refractivity contribution < 1.29 is 23.9 Å². The molecule has 2 N–H and O–H groups in total. The van der Waals surface area contributed by atoms with E-state index in [1.54, 1.807) is 33.9 Å². The van der Waals surface area contributed by atoms with Gasteiger partial charge in [-0.1, -0.05) is 18.2 Å². The molecule has 3 aromatic rings. The first-order chi connectivity index (χ1) is 17.9. The number of amides is 2. The number of fused-ring (bicyclic) bond motifs is 1. The molecule has 1 unspecified atom stereocenters. The highest BCUT2D eigenvalue weighted by Crippen LogP contribution is 2.36. The number of esters is 1. The van der Waals surface area contributed by atoms with Crippen LogP contribution in [0.2, 0.25) is 0 Å². The number of hydrogen-bond donors (Lipinski definition) is 1. The van der Waals surface area contributed by atoms with Gasteiger partial charge in [0.2, 0.25) is 5.91 Å². The molecular formula is C29H34N4O5. The monoisotopic (exact) mass is 518 g/mol. The Balaban J connectivity index is 1.62. The van der Waals surface area contributed by atoms with Crippen LogP contribution in [-0.4, -0.2) is 51.0 Å². The fraction of sp³-hybridized carbons (Fsp3) is 0.379. The number of aromatic nitrogens is 2. The van der Waals surface area contributed by atoms with E-state index in [9.17, 15) is 14.4 Å². The van der Waals surface area contributed by atoms with Crippen molar-refractivity contribution in [1.29, 1.82) is 0 Å². The highest BCUT2D eigenvalue weighted by atomic mass is 16.6. The molecule has 0 saturated carbocycles. The average molecular weight is 519 g/mol. The van der Waals surface area contributed by atoms with Crippen molar-refractivity contribution in [3.63, 3.8) is 0 Å². The van der Waals surface area contributed by atoms with E-state index in [4.69, 9.17) is 20.2 Å². The van der Waals surface area contributed by atoms with Crippen LogP contribution < -0.4 is 10.5 Å². The van der Waals surface area contributed by atoms with Crippen LogP contribution in [0.1, 0.15) is 55.4 Å². The standard InChI is InChI=1S/C29H34N4O5/c1-17-31-25(26(32(17)5)19-8-7-9-21(15-19)37-6)18-10-11-22-20(14-18)16-33(28(22)36)23(27(30)35)12-13-24(34)38-29(2,3)4/h7-11,14-15,23H,12-13,16H2,1-6H3,(H2,30,35). The summed E-state index contributed by atoms with van der Waals surface area (Å²) in [5, 5.41) is 0. The van der Waals surface area contributed by atoms with E-state index < -0.39 is 23.5 Å². The third-order valence-corrected chi connectivity index (χ3v) is 6.62. The second-order valence-electron chi connectivity index (χ2n) is 10.5. The number of aryl methyl sites for hydroxylation is 1. The normalized spacial score (nSPS) is 13.8. The third-order valence-electron chi connectivity index (χ3n) is 6.62. The van der Waals surface area contributed by atoms with Gasteiger partial charge in [-0.25, -0.2) is 4.98 Å². The number of nitrogens with zero attached hydrogens (tertiary/aromatic N) is 3. The summed E-state index contributed by atoms with van der Waals surface area (Å²) in [5.41, 5.74) is 9.83. The van der Waals surface area contributed by atoms with Crippen LogP contribution >= 0.6 is 0 Å². The van der Waals surface area contributed by atoms with Gasteiger partial charge in [-0.3, -0.25) is 14.4 Å². The first-order valence-electron chi connectivity index (χ1n) is 12.5. The fourth-order valence-corrected chi connectivity index (χ4v) is 4.75. The van der Waals surface area contributed by atoms with E-state index in [1.807, 2.05) is 54.9 Å². The minimum atomic E-state index is -0.921. The lowest BCUT2D eigenvalue weighted by molar-refractivity contribution is -0.155. The van der Waals surface area contributed by atoms with Crippen molar-refractivity contribution in [2.24, 2.45) is 12.8 Å². The lowest BCUT2D eigenvalue weighted by Gasteiger charge is -2.25. The second-order valence-corrected chi connectivity index (χ2v) is 10.5. The number of imidazole rings is 1. The van der Waals surface area contributed by atoms with Crippen molar-refractivity contribution in [2.75, 3.05) is 7.11 Å². The van der Waals surface area contributed by atoms with Gasteiger partial charge >= 0.3 is 5.97 Å². The molecule has 200 valence electrons. The predicted octanol–water partition coefficient (Wildman–Crippen LogP) is 4.00. The van der Waals surface area contributed by atoms with Crippen LogP contribution in [-0.2, 0) is 27.9 Å². The van der Waals surface area contributed by atoms with Crippen LogP contribution in [0.3, 0.4) is 0 Å².